The molecule has 0 N–H and O–H groups in total. The molecule has 1 heterocycles. The first-order valence-corrected chi connectivity index (χ1v) is 6.37. The third kappa shape index (κ3) is 3.85. The van der Waals surface area contributed by atoms with Crippen molar-refractivity contribution in [2.24, 2.45) is 0 Å². The highest BCUT2D eigenvalue weighted by Crippen LogP contribution is 2.25. The van der Waals surface area contributed by atoms with Crippen molar-refractivity contribution in [1.82, 2.24) is 10.2 Å². The van der Waals surface area contributed by atoms with Crippen molar-refractivity contribution in [3.05, 3.63) is 42.2 Å². The van der Waals surface area contributed by atoms with Gasteiger partial charge in [0.15, 0.2) is 5.83 Å². The third-order valence-corrected chi connectivity index (χ3v) is 3.00. The van der Waals surface area contributed by atoms with Crippen LogP contribution < -0.4 is 0 Å². The second kappa shape index (κ2) is 6.42. The summed E-state index contributed by atoms with van der Waals surface area (Å²) >= 11 is 1.03. The Balaban J connectivity index is 1.94. The molecule has 0 aliphatic rings. The lowest BCUT2D eigenvalue weighted by Gasteiger charge is -1.94. The average Bonchev–Trinajstić information content (AvgIpc) is 2.88. The highest BCUT2D eigenvalue weighted by molar-refractivity contribution is 7.99. The molecule has 0 amide bonds. The highest BCUT2D eigenvalue weighted by Gasteiger charge is 2.10. The molecule has 1 aromatic carbocycles. The van der Waals surface area contributed by atoms with Crippen molar-refractivity contribution in [3.8, 4) is 11.5 Å². The van der Waals surface area contributed by atoms with Gasteiger partial charge in [0, 0.05) is 17.7 Å². The number of nitrogens with zero attached hydrogens (tertiary/aromatic N) is 2. The minimum atomic E-state index is -2.28. The van der Waals surface area contributed by atoms with Crippen LogP contribution in [0.4, 0.5) is 13.2 Å². The molecule has 0 bridgehead atoms. The van der Waals surface area contributed by atoms with Crippen molar-refractivity contribution < 1.29 is 17.6 Å². The van der Waals surface area contributed by atoms with E-state index in [1.165, 1.54) is 0 Å². The SMILES string of the molecule is FC(F)=C(F)CCSc1nnc(-c2ccccc2)o1. The highest BCUT2D eigenvalue weighted by atomic mass is 32.2. The van der Waals surface area contributed by atoms with Gasteiger partial charge in [-0.05, 0) is 12.1 Å². The molecule has 2 aromatic rings. The van der Waals surface area contributed by atoms with Gasteiger partial charge in [-0.1, -0.05) is 30.0 Å². The summed E-state index contributed by atoms with van der Waals surface area (Å²) in [5.41, 5.74) is 0.766. The van der Waals surface area contributed by atoms with Gasteiger partial charge >= 0.3 is 6.08 Å². The Kier molecular flexibility index (Phi) is 4.62. The molecule has 0 aliphatic carbocycles. The van der Waals surface area contributed by atoms with E-state index in [0.717, 1.165) is 17.3 Å². The Hall–Kier alpha value is -1.76. The third-order valence-electron chi connectivity index (χ3n) is 2.18. The van der Waals surface area contributed by atoms with Crippen LogP contribution >= 0.6 is 11.8 Å². The summed E-state index contributed by atoms with van der Waals surface area (Å²) < 4.78 is 41.5. The number of halogens is 3. The maximum absolute atomic E-state index is 12.5. The van der Waals surface area contributed by atoms with E-state index in [9.17, 15) is 13.2 Å². The van der Waals surface area contributed by atoms with E-state index in [2.05, 4.69) is 10.2 Å². The molecule has 100 valence electrons. The van der Waals surface area contributed by atoms with Crippen LogP contribution in [0.3, 0.4) is 0 Å². The first kappa shape index (κ1) is 13.7. The first-order chi connectivity index (χ1) is 9.16. The van der Waals surface area contributed by atoms with Gasteiger partial charge in [-0.2, -0.15) is 8.78 Å². The van der Waals surface area contributed by atoms with E-state index >= 15 is 0 Å². The van der Waals surface area contributed by atoms with E-state index in [0.29, 0.717) is 5.89 Å². The first-order valence-electron chi connectivity index (χ1n) is 5.38. The second-order valence-corrected chi connectivity index (χ2v) is 4.55. The molecule has 0 saturated heterocycles. The van der Waals surface area contributed by atoms with E-state index in [-0.39, 0.29) is 17.4 Å². The van der Waals surface area contributed by atoms with Gasteiger partial charge in [-0.3, -0.25) is 0 Å². The normalized spacial score (nSPS) is 10.5. The van der Waals surface area contributed by atoms with E-state index in [1.54, 1.807) is 0 Å². The number of rotatable bonds is 5. The molecular weight excluding hydrogens is 277 g/mol. The number of hydrogen-bond acceptors (Lipinski definition) is 4. The molecule has 0 fully saturated rings. The fourth-order valence-corrected chi connectivity index (χ4v) is 1.98. The number of aromatic nitrogens is 2. The van der Waals surface area contributed by atoms with Crippen LogP contribution in [0.2, 0.25) is 0 Å². The standard InChI is InChI=1S/C12H9F3N2OS/c13-9(10(14)15)6-7-19-12-17-16-11(18-12)8-4-2-1-3-5-8/h1-5H,6-7H2. The Bertz CT molecular complexity index is 567. The molecule has 0 atom stereocenters. The van der Waals surface area contributed by atoms with Crippen molar-refractivity contribution in [3.63, 3.8) is 0 Å². The zero-order valence-electron chi connectivity index (χ0n) is 9.65. The second-order valence-electron chi connectivity index (χ2n) is 3.50. The minimum absolute atomic E-state index is 0.111. The monoisotopic (exact) mass is 286 g/mol. The van der Waals surface area contributed by atoms with Crippen LogP contribution in [0, 0.1) is 0 Å². The van der Waals surface area contributed by atoms with Gasteiger partial charge in [0.1, 0.15) is 0 Å². The predicted molar refractivity (Wildman–Crippen MR) is 65.4 cm³/mol. The summed E-state index contributed by atoms with van der Waals surface area (Å²) in [6.07, 6.45) is -2.65. The molecule has 3 nitrogen and oxygen atoms in total. The van der Waals surface area contributed by atoms with Crippen molar-refractivity contribution in [1.29, 1.82) is 0 Å². The number of benzene rings is 1. The molecular formula is C12H9F3N2OS. The fourth-order valence-electron chi connectivity index (χ4n) is 1.29. The largest absolute Gasteiger partial charge is 0.411 e. The van der Waals surface area contributed by atoms with Crippen molar-refractivity contribution in [2.45, 2.75) is 11.6 Å². The Morgan fingerprint density at radius 1 is 1.11 bits per heavy atom. The van der Waals surface area contributed by atoms with E-state index < -0.39 is 11.9 Å². The summed E-state index contributed by atoms with van der Waals surface area (Å²) in [6.45, 7) is 0. The van der Waals surface area contributed by atoms with Gasteiger partial charge in [-0.25, -0.2) is 4.39 Å². The lowest BCUT2D eigenvalue weighted by atomic mass is 10.2. The minimum Gasteiger partial charge on any atom is -0.411 e. The van der Waals surface area contributed by atoms with E-state index in [4.69, 9.17) is 4.42 Å². The van der Waals surface area contributed by atoms with Crippen LogP contribution in [0.1, 0.15) is 6.42 Å². The van der Waals surface area contributed by atoms with Crippen molar-refractivity contribution in [2.75, 3.05) is 5.75 Å². The molecule has 2 rings (SSSR count). The average molecular weight is 286 g/mol. The van der Waals surface area contributed by atoms with Crippen LogP contribution in [-0.4, -0.2) is 16.0 Å². The molecule has 19 heavy (non-hydrogen) atoms. The Morgan fingerprint density at radius 3 is 2.53 bits per heavy atom. The van der Waals surface area contributed by atoms with Crippen LogP contribution in [0.15, 0.2) is 51.9 Å². The van der Waals surface area contributed by atoms with Crippen molar-refractivity contribution >= 4 is 11.8 Å². The van der Waals surface area contributed by atoms with Gasteiger partial charge in [0.25, 0.3) is 5.22 Å². The maximum atomic E-state index is 12.5. The molecule has 1 aromatic heterocycles. The summed E-state index contributed by atoms with van der Waals surface area (Å²) in [7, 11) is 0. The molecule has 7 heteroatoms. The quantitative estimate of drug-likeness (QED) is 0.768. The van der Waals surface area contributed by atoms with Gasteiger partial charge in [0.2, 0.25) is 5.89 Å². The number of allylic oxidation sites excluding steroid dienone is 1. The lowest BCUT2D eigenvalue weighted by Crippen LogP contribution is -1.82. The predicted octanol–water partition coefficient (Wildman–Crippen LogP) is 4.30. The van der Waals surface area contributed by atoms with Gasteiger partial charge < -0.3 is 4.42 Å². The number of thioether (sulfide) groups is 1. The summed E-state index contributed by atoms with van der Waals surface area (Å²) in [5, 5.41) is 7.81. The zero-order chi connectivity index (χ0) is 13.7. The Labute approximate surface area is 111 Å². The molecule has 0 saturated carbocycles. The molecule has 0 radical (unpaired) electrons. The molecule has 0 aliphatic heterocycles. The number of hydrogen-bond donors (Lipinski definition) is 0. The smallest absolute Gasteiger partial charge is 0.301 e. The molecule has 0 unspecified atom stereocenters. The summed E-state index contributed by atoms with van der Waals surface area (Å²) in [6, 6.07) is 9.13. The van der Waals surface area contributed by atoms with Crippen LogP contribution in [0.25, 0.3) is 11.5 Å². The zero-order valence-corrected chi connectivity index (χ0v) is 10.5. The summed E-state index contributed by atoms with van der Waals surface area (Å²) in [4.78, 5) is 0. The van der Waals surface area contributed by atoms with Gasteiger partial charge in [-0.15, -0.1) is 10.2 Å². The fraction of sp³-hybridized carbons (Fsp3) is 0.167. The summed E-state index contributed by atoms with van der Waals surface area (Å²) in [5.74, 6) is -0.953. The van der Waals surface area contributed by atoms with Gasteiger partial charge in [0.05, 0.1) is 0 Å². The Morgan fingerprint density at radius 2 is 1.84 bits per heavy atom. The van der Waals surface area contributed by atoms with Crippen LogP contribution in [-0.2, 0) is 0 Å². The van der Waals surface area contributed by atoms with E-state index in [1.807, 2.05) is 30.3 Å². The topological polar surface area (TPSA) is 38.9 Å². The maximum Gasteiger partial charge on any atom is 0.301 e. The molecule has 0 spiro atoms. The van der Waals surface area contributed by atoms with Crippen LogP contribution in [0.5, 0.6) is 0 Å². The lowest BCUT2D eigenvalue weighted by molar-refractivity contribution is 0.373.